The molecule has 122 valence electrons. The summed E-state index contributed by atoms with van der Waals surface area (Å²) in [7, 11) is 1.39. The van der Waals surface area contributed by atoms with E-state index in [9.17, 15) is 14.7 Å². The van der Waals surface area contributed by atoms with Crippen molar-refractivity contribution in [2.24, 2.45) is 0 Å². The minimum atomic E-state index is -1.49. The van der Waals surface area contributed by atoms with Gasteiger partial charge in [-0.15, -0.1) is 11.3 Å². The Kier molecular flexibility index (Phi) is 5.12. The van der Waals surface area contributed by atoms with Gasteiger partial charge in [0.2, 0.25) is 0 Å². The number of aromatic nitrogens is 1. The average Bonchev–Trinajstić information content (AvgIpc) is 2.94. The van der Waals surface area contributed by atoms with Crippen LogP contribution in [0.1, 0.15) is 23.0 Å². The van der Waals surface area contributed by atoms with Crippen LogP contribution in [0, 0.1) is 6.92 Å². The SMILES string of the molecule is COCC(C)(NC(=O)c1cccc(-c2nc(C)cs2)c1)C(=O)O. The van der Waals surface area contributed by atoms with Crippen molar-refractivity contribution < 1.29 is 19.4 Å². The Labute approximate surface area is 138 Å². The van der Waals surface area contributed by atoms with E-state index < -0.39 is 17.4 Å². The number of carboxylic acid groups (broad SMARTS) is 1. The molecule has 0 fully saturated rings. The van der Waals surface area contributed by atoms with Crippen LogP contribution >= 0.6 is 11.3 Å². The molecule has 2 N–H and O–H groups in total. The van der Waals surface area contributed by atoms with Crippen molar-refractivity contribution in [2.75, 3.05) is 13.7 Å². The molecule has 23 heavy (non-hydrogen) atoms. The number of aliphatic carboxylic acids is 1. The van der Waals surface area contributed by atoms with Crippen LogP contribution in [0.5, 0.6) is 0 Å². The van der Waals surface area contributed by atoms with Crippen LogP contribution in [0.25, 0.3) is 10.6 Å². The van der Waals surface area contributed by atoms with E-state index >= 15 is 0 Å². The van der Waals surface area contributed by atoms with Crippen LogP contribution in [0.3, 0.4) is 0 Å². The smallest absolute Gasteiger partial charge is 0.331 e. The second kappa shape index (κ2) is 6.89. The lowest BCUT2D eigenvalue weighted by Gasteiger charge is -2.25. The third-order valence-corrected chi connectivity index (χ3v) is 4.29. The molecule has 0 saturated carbocycles. The summed E-state index contributed by atoms with van der Waals surface area (Å²) in [6.07, 6.45) is 0. The summed E-state index contributed by atoms with van der Waals surface area (Å²) in [5.74, 6) is -1.62. The lowest BCUT2D eigenvalue weighted by molar-refractivity contribution is -0.145. The zero-order valence-electron chi connectivity index (χ0n) is 13.1. The fourth-order valence-corrected chi connectivity index (χ4v) is 2.84. The minimum absolute atomic E-state index is 0.126. The summed E-state index contributed by atoms with van der Waals surface area (Å²) in [6.45, 7) is 3.18. The summed E-state index contributed by atoms with van der Waals surface area (Å²) in [5.41, 5.74) is 0.622. The summed E-state index contributed by atoms with van der Waals surface area (Å²) < 4.78 is 4.90. The van der Waals surface area contributed by atoms with Crippen LogP contribution in [-0.4, -0.2) is 41.2 Å². The molecule has 0 saturated heterocycles. The summed E-state index contributed by atoms with van der Waals surface area (Å²) in [6, 6.07) is 6.94. The number of amides is 1. The van der Waals surface area contributed by atoms with Gasteiger partial charge in [-0.1, -0.05) is 12.1 Å². The van der Waals surface area contributed by atoms with Crippen LogP contribution in [0.15, 0.2) is 29.6 Å². The minimum Gasteiger partial charge on any atom is -0.479 e. The van der Waals surface area contributed by atoms with Gasteiger partial charge in [0.1, 0.15) is 5.01 Å². The Morgan fingerprint density at radius 2 is 2.17 bits per heavy atom. The standard InChI is InChI=1S/C16H18N2O4S/c1-10-8-23-14(17-10)12-6-4-5-11(7-12)13(19)18-16(2,9-22-3)15(20)21/h4-8H,9H2,1-3H3,(H,18,19)(H,20,21). The van der Waals surface area contributed by atoms with Gasteiger partial charge in [0, 0.05) is 29.3 Å². The quantitative estimate of drug-likeness (QED) is 0.846. The first-order chi connectivity index (χ1) is 10.9. The lowest BCUT2D eigenvalue weighted by Crippen LogP contribution is -2.55. The Balaban J connectivity index is 2.24. The molecule has 2 aromatic rings. The highest BCUT2D eigenvalue weighted by atomic mass is 32.1. The number of thiazole rings is 1. The third-order valence-electron chi connectivity index (χ3n) is 3.29. The molecular formula is C16H18N2O4S. The topological polar surface area (TPSA) is 88.5 Å². The Morgan fingerprint density at radius 1 is 1.43 bits per heavy atom. The van der Waals surface area contributed by atoms with Crippen molar-refractivity contribution in [1.29, 1.82) is 0 Å². The summed E-state index contributed by atoms with van der Waals surface area (Å²) >= 11 is 1.49. The van der Waals surface area contributed by atoms with E-state index in [1.54, 1.807) is 18.2 Å². The zero-order valence-corrected chi connectivity index (χ0v) is 13.9. The van der Waals surface area contributed by atoms with Crippen molar-refractivity contribution >= 4 is 23.2 Å². The number of rotatable bonds is 6. The van der Waals surface area contributed by atoms with E-state index in [0.717, 1.165) is 16.3 Å². The number of aryl methyl sites for hydroxylation is 1. The molecule has 0 spiro atoms. The van der Waals surface area contributed by atoms with Gasteiger partial charge in [0.15, 0.2) is 5.54 Å². The molecule has 1 aromatic carbocycles. The molecule has 1 aromatic heterocycles. The summed E-state index contributed by atoms with van der Waals surface area (Å²) in [4.78, 5) is 28.1. The van der Waals surface area contributed by atoms with E-state index in [0.29, 0.717) is 5.56 Å². The molecule has 7 heteroatoms. The molecule has 1 unspecified atom stereocenters. The average molecular weight is 334 g/mol. The van der Waals surface area contributed by atoms with Crippen molar-refractivity contribution in [3.63, 3.8) is 0 Å². The Morgan fingerprint density at radius 3 is 2.74 bits per heavy atom. The first-order valence-corrected chi connectivity index (χ1v) is 7.81. The van der Waals surface area contributed by atoms with Gasteiger partial charge >= 0.3 is 5.97 Å². The maximum Gasteiger partial charge on any atom is 0.331 e. The van der Waals surface area contributed by atoms with E-state index in [4.69, 9.17) is 4.74 Å². The number of hydrogen-bond donors (Lipinski definition) is 2. The van der Waals surface area contributed by atoms with E-state index in [1.165, 1.54) is 25.4 Å². The highest BCUT2D eigenvalue weighted by molar-refractivity contribution is 7.13. The molecular weight excluding hydrogens is 316 g/mol. The number of nitrogens with zero attached hydrogens (tertiary/aromatic N) is 1. The van der Waals surface area contributed by atoms with Gasteiger partial charge in [0.25, 0.3) is 5.91 Å². The number of carboxylic acids is 1. The molecule has 6 nitrogen and oxygen atoms in total. The highest BCUT2D eigenvalue weighted by Crippen LogP contribution is 2.24. The van der Waals surface area contributed by atoms with Crippen molar-refractivity contribution in [3.8, 4) is 10.6 Å². The highest BCUT2D eigenvalue weighted by Gasteiger charge is 2.35. The van der Waals surface area contributed by atoms with Crippen LogP contribution < -0.4 is 5.32 Å². The van der Waals surface area contributed by atoms with Crippen molar-refractivity contribution in [3.05, 3.63) is 40.9 Å². The Bertz CT molecular complexity index is 728. The molecule has 1 amide bonds. The number of nitrogens with one attached hydrogen (secondary N) is 1. The van der Waals surface area contributed by atoms with Crippen LogP contribution in [0.2, 0.25) is 0 Å². The largest absolute Gasteiger partial charge is 0.479 e. The molecule has 2 rings (SSSR count). The number of hydrogen-bond acceptors (Lipinski definition) is 5. The van der Waals surface area contributed by atoms with Gasteiger partial charge in [0.05, 0.1) is 6.61 Å². The van der Waals surface area contributed by atoms with E-state index in [2.05, 4.69) is 10.3 Å². The molecule has 0 aliphatic carbocycles. The third kappa shape index (κ3) is 3.94. The molecule has 0 aliphatic rings. The van der Waals surface area contributed by atoms with E-state index in [-0.39, 0.29) is 6.61 Å². The van der Waals surface area contributed by atoms with Gasteiger partial charge in [-0.05, 0) is 26.0 Å². The first-order valence-electron chi connectivity index (χ1n) is 6.93. The number of methoxy groups -OCH3 is 1. The van der Waals surface area contributed by atoms with Gasteiger partial charge in [-0.25, -0.2) is 9.78 Å². The predicted octanol–water partition coefficient (Wildman–Crippen LogP) is 2.34. The van der Waals surface area contributed by atoms with Gasteiger partial charge < -0.3 is 15.2 Å². The maximum absolute atomic E-state index is 12.4. The normalized spacial score (nSPS) is 13.3. The first kappa shape index (κ1) is 17.1. The van der Waals surface area contributed by atoms with Crippen molar-refractivity contribution in [1.82, 2.24) is 10.3 Å². The number of carbonyl (C=O) groups excluding carboxylic acids is 1. The van der Waals surface area contributed by atoms with Crippen molar-refractivity contribution in [2.45, 2.75) is 19.4 Å². The number of benzene rings is 1. The second-order valence-corrected chi connectivity index (χ2v) is 6.26. The monoisotopic (exact) mass is 334 g/mol. The maximum atomic E-state index is 12.4. The van der Waals surface area contributed by atoms with Gasteiger partial charge in [-0.2, -0.15) is 0 Å². The fourth-order valence-electron chi connectivity index (χ4n) is 2.04. The zero-order chi connectivity index (χ0) is 17.0. The molecule has 1 atom stereocenters. The molecule has 1 heterocycles. The molecule has 0 bridgehead atoms. The van der Waals surface area contributed by atoms with Crippen LogP contribution in [0.4, 0.5) is 0 Å². The van der Waals surface area contributed by atoms with Crippen LogP contribution in [-0.2, 0) is 9.53 Å². The van der Waals surface area contributed by atoms with Gasteiger partial charge in [-0.3, -0.25) is 4.79 Å². The lowest BCUT2D eigenvalue weighted by atomic mass is 10.0. The van der Waals surface area contributed by atoms with E-state index in [1.807, 2.05) is 18.4 Å². The summed E-state index contributed by atoms with van der Waals surface area (Å²) in [5, 5.41) is 14.6. The number of carbonyl (C=O) groups is 2. The molecule has 0 aliphatic heterocycles. The second-order valence-electron chi connectivity index (χ2n) is 5.40. The molecule has 0 radical (unpaired) electrons. The fraction of sp³-hybridized carbons (Fsp3) is 0.312. The number of ether oxygens (including phenoxy) is 1. The predicted molar refractivity (Wildman–Crippen MR) is 87.7 cm³/mol. The Hall–Kier alpha value is -2.25.